The Morgan fingerprint density at radius 3 is 2.76 bits per heavy atom. The number of halogens is 2. The van der Waals surface area contributed by atoms with Crippen molar-refractivity contribution in [3.05, 3.63) is 59.7 Å². The fourth-order valence-electron chi connectivity index (χ4n) is 1.60. The lowest BCUT2D eigenvalue weighted by atomic mass is 10.2. The number of nitrogens with one attached hydrogen (secondary N) is 1. The quantitative estimate of drug-likeness (QED) is 0.941. The van der Waals surface area contributed by atoms with Gasteiger partial charge in [0.1, 0.15) is 0 Å². The summed E-state index contributed by atoms with van der Waals surface area (Å²) in [5.41, 5.74) is 0.812. The monoisotopic (exact) mass is 288 g/mol. The van der Waals surface area contributed by atoms with E-state index in [1.165, 1.54) is 18.2 Å². The Bertz CT molecular complexity index is 711. The summed E-state index contributed by atoms with van der Waals surface area (Å²) in [6.45, 7) is -0.475. The molecule has 0 aliphatic carbocycles. The zero-order valence-corrected chi connectivity index (χ0v) is 10.8. The molecule has 0 aromatic heterocycles. The molecule has 1 N–H and O–H groups in total. The zero-order chi connectivity index (χ0) is 15.2. The van der Waals surface area contributed by atoms with Gasteiger partial charge in [-0.15, -0.1) is 0 Å². The van der Waals surface area contributed by atoms with Crippen molar-refractivity contribution in [1.29, 1.82) is 5.26 Å². The number of nitriles is 1. The van der Waals surface area contributed by atoms with Crippen molar-refractivity contribution in [2.24, 2.45) is 0 Å². The normalized spacial score (nSPS) is 9.76. The van der Waals surface area contributed by atoms with Gasteiger partial charge in [0.25, 0.3) is 5.91 Å². The fraction of sp³-hybridized carbons (Fsp3) is 0.0667. The van der Waals surface area contributed by atoms with Gasteiger partial charge in [-0.05, 0) is 30.3 Å². The summed E-state index contributed by atoms with van der Waals surface area (Å²) < 4.78 is 31.2. The molecule has 6 heteroatoms. The van der Waals surface area contributed by atoms with Crippen LogP contribution in [0.15, 0.2) is 42.5 Å². The standard InChI is InChI=1S/C15H10F2N2O2/c16-12-5-2-6-13(15(12)17)21-9-14(20)19-11-4-1-3-10(7-11)8-18/h1-7H,9H2,(H,19,20). The first-order valence-electron chi connectivity index (χ1n) is 5.97. The van der Waals surface area contributed by atoms with Gasteiger partial charge in [0.2, 0.25) is 5.82 Å². The molecule has 0 unspecified atom stereocenters. The van der Waals surface area contributed by atoms with Gasteiger partial charge in [-0.2, -0.15) is 9.65 Å². The first-order valence-corrected chi connectivity index (χ1v) is 5.97. The molecule has 0 aliphatic heterocycles. The number of benzene rings is 2. The van der Waals surface area contributed by atoms with E-state index in [-0.39, 0.29) is 5.75 Å². The Labute approximate surface area is 119 Å². The minimum absolute atomic E-state index is 0.337. The van der Waals surface area contributed by atoms with Gasteiger partial charge in [0, 0.05) is 5.69 Å². The van der Waals surface area contributed by atoms with E-state index in [0.29, 0.717) is 11.3 Å². The molecule has 0 heterocycles. The van der Waals surface area contributed by atoms with E-state index in [4.69, 9.17) is 10.00 Å². The largest absolute Gasteiger partial charge is 0.481 e. The number of amides is 1. The Hall–Kier alpha value is -2.94. The highest BCUT2D eigenvalue weighted by atomic mass is 19.2. The zero-order valence-electron chi connectivity index (χ0n) is 10.8. The predicted octanol–water partition coefficient (Wildman–Crippen LogP) is 2.85. The van der Waals surface area contributed by atoms with Crippen LogP contribution in [0.25, 0.3) is 0 Å². The first-order chi connectivity index (χ1) is 10.1. The SMILES string of the molecule is N#Cc1cccc(NC(=O)COc2cccc(F)c2F)c1. The average molecular weight is 288 g/mol. The summed E-state index contributed by atoms with van der Waals surface area (Å²) in [5.74, 6) is -3.07. The molecule has 1 amide bonds. The summed E-state index contributed by atoms with van der Waals surface area (Å²) in [6.07, 6.45) is 0. The van der Waals surface area contributed by atoms with Crippen LogP contribution in [0.4, 0.5) is 14.5 Å². The molecule has 4 nitrogen and oxygen atoms in total. The third-order valence-electron chi connectivity index (χ3n) is 2.55. The van der Waals surface area contributed by atoms with Crippen LogP contribution in [0, 0.1) is 23.0 Å². The molecule has 2 aromatic rings. The number of hydrogen-bond acceptors (Lipinski definition) is 3. The van der Waals surface area contributed by atoms with Crippen LogP contribution in [0.3, 0.4) is 0 Å². The highest BCUT2D eigenvalue weighted by Gasteiger charge is 2.10. The third kappa shape index (κ3) is 3.76. The van der Waals surface area contributed by atoms with Crippen molar-refractivity contribution in [2.75, 3.05) is 11.9 Å². The summed E-state index contributed by atoms with van der Waals surface area (Å²) in [5, 5.41) is 11.2. The summed E-state index contributed by atoms with van der Waals surface area (Å²) in [7, 11) is 0. The molecular formula is C15H10F2N2O2. The summed E-state index contributed by atoms with van der Waals surface area (Å²) in [6, 6.07) is 11.7. The van der Waals surface area contributed by atoms with Crippen molar-refractivity contribution in [2.45, 2.75) is 0 Å². The van der Waals surface area contributed by atoms with Crippen LogP contribution >= 0.6 is 0 Å². The minimum atomic E-state index is -1.14. The number of hydrogen-bond donors (Lipinski definition) is 1. The smallest absolute Gasteiger partial charge is 0.262 e. The number of ether oxygens (including phenoxy) is 1. The second-order valence-corrected chi connectivity index (χ2v) is 4.08. The topological polar surface area (TPSA) is 62.1 Å². The van der Waals surface area contributed by atoms with E-state index in [1.54, 1.807) is 18.2 Å². The van der Waals surface area contributed by atoms with E-state index in [0.717, 1.165) is 6.07 Å². The third-order valence-corrected chi connectivity index (χ3v) is 2.55. The molecular weight excluding hydrogens is 278 g/mol. The van der Waals surface area contributed by atoms with E-state index in [9.17, 15) is 13.6 Å². The van der Waals surface area contributed by atoms with Crippen LogP contribution in [-0.2, 0) is 4.79 Å². The highest BCUT2D eigenvalue weighted by Crippen LogP contribution is 2.19. The lowest BCUT2D eigenvalue weighted by molar-refractivity contribution is -0.118. The molecule has 21 heavy (non-hydrogen) atoms. The van der Waals surface area contributed by atoms with E-state index >= 15 is 0 Å². The second kappa shape index (κ2) is 6.48. The number of carbonyl (C=O) groups excluding carboxylic acids is 1. The van der Waals surface area contributed by atoms with Crippen LogP contribution in [-0.4, -0.2) is 12.5 Å². The van der Waals surface area contributed by atoms with Crippen LogP contribution in [0.2, 0.25) is 0 Å². The van der Waals surface area contributed by atoms with E-state index in [1.807, 2.05) is 6.07 Å². The van der Waals surface area contributed by atoms with Crippen molar-refractivity contribution in [3.8, 4) is 11.8 Å². The van der Waals surface area contributed by atoms with Gasteiger partial charge < -0.3 is 10.1 Å². The molecule has 0 saturated heterocycles. The first kappa shape index (κ1) is 14.5. The molecule has 2 rings (SSSR count). The Kier molecular flexibility index (Phi) is 4.46. The molecule has 0 radical (unpaired) electrons. The molecule has 0 atom stereocenters. The molecule has 106 valence electrons. The Balaban J connectivity index is 1.96. The van der Waals surface area contributed by atoms with E-state index < -0.39 is 24.1 Å². The van der Waals surface area contributed by atoms with E-state index in [2.05, 4.69) is 5.32 Å². The lowest BCUT2D eigenvalue weighted by Gasteiger charge is -2.08. The second-order valence-electron chi connectivity index (χ2n) is 4.08. The molecule has 0 spiro atoms. The van der Waals surface area contributed by atoms with Gasteiger partial charge >= 0.3 is 0 Å². The predicted molar refractivity (Wildman–Crippen MR) is 71.6 cm³/mol. The molecule has 0 fully saturated rings. The Morgan fingerprint density at radius 1 is 1.24 bits per heavy atom. The van der Waals surface area contributed by atoms with Crippen molar-refractivity contribution in [3.63, 3.8) is 0 Å². The maximum Gasteiger partial charge on any atom is 0.262 e. The number of anilines is 1. The molecule has 0 aliphatic rings. The summed E-state index contributed by atoms with van der Waals surface area (Å²) >= 11 is 0. The molecule has 0 bridgehead atoms. The number of carbonyl (C=O) groups is 1. The maximum absolute atomic E-state index is 13.3. The van der Waals surface area contributed by atoms with Crippen LogP contribution < -0.4 is 10.1 Å². The lowest BCUT2D eigenvalue weighted by Crippen LogP contribution is -2.20. The van der Waals surface area contributed by atoms with Gasteiger partial charge in [-0.25, -0.2) is 4.39 Å². The van der Waals surface area contributed by atoms with Gasteiger partial charge in [0.15, 0.2) is 18.2 Å². The number of rotatable bonds is 4. The van der Waals surface area contributed by atoms with Crippen LogP contribution in [0.1, 0.15) is 5.56 Å². The molecule has 0 saturated carbocycles. The average Bonchev–Trinajstić information content (AvgIpc) is 2.49. The van der Waals surface area contributed by atoms with Gasteiger partial charge in [-0.3, -0.25) is 4.79 Å². The Morgan fingerprint density at radius 2 is 2.00 bits per heavy atom. The van der Waals surface area contributed by atoms with Crippen molar-refractivity contribution in [1.82, 2.24) is 0 Å². The number of nitrogens with zero attached hydrogens (tertiary/aromatic N) is 1. The molecule has 2 aromatic carbocycles. The minimum Gasteiger partial charge on any atom is -0.481 e. The van der Waals surface area contributed by atoms with Crippen molar-refractivity contribution < 1.29 is 18.3 Å². The van der Waals surface area contributed by atoms with Gasteiger partial charge in [0.05, 0.1) is 11.6 Å². The van der Waals surface area contributed by atoms with Crippen molar-refractivity contribution >= 4 is 11.6 Å². The maximum atomic E-state index is 13.3. The summed E-state index contributed by atoms with van der Waals surface area (Å²) in [4.78, 5) is 11.6. The fourth-order valence-corrected chi connectivity index (χ4v) is 1.60. The van der Waals surface area contributed by atoms with Crippen LogP contribution in [0.5, 0.6) is 5.75 Å². The van der Waals surface area contributed by atoms with Gasteiger partial charge in [-0.1, -0.05) is 12.1 Å². The highest BCUT2D eigenvalue weighted by molar-refractivity contribution is 5.92.